The molecule has 0 bridgehead atoms. The van der Waals surface area contributed by atoms with Gasteiger partial charge >= 0.3 is 0 Å². The van der Waals surface area contributed by atoms with Gasteiger partial charge in [-0.15, -0.1) is 0 Å². The highest BCUT2D eigenvalue weighted by molar-refractivity contribution is 5.96. The van der Waals surface area contributed by atoms with Crippen LogP contribution in [0.25, 0.3) is 0 Å². The van der Waals surface area contributed by atoms with E-state index in [-0.39, 0.29) is 18.1 Å². The predicted octanol–water partition coefficient (Wildman–Crippen LogP) is 2.03. The highest BCUT2D eigenvalue weighted by Gasteiger charge is 2.42. The van der Waals surface area contributed by atoms with E-state index in [0.717, 1.165) is 31.4 Å². The van der Waals surface area contributed by atoms with E-state index in [1.54, 1.807) is 0 Å². The Morgan fingerprint density at radius 3 is 2.59 bits per heavy atom. The van der Waals surface area contributed by atoms with Crippen molar-refractivity contribution >= 4 is 11.6 Å². The molecule has 1 aromatic carbocycles. The van der Waals surface area contributed by atoms with Crippen LogP contribution in [0.5, 0.6) is 0 Å². The van der Waals surface area contributed by atoms with Crippen molar-refractivity contribution in [3.63, 3.8) is 0 Å². The van der Waals surface area contributed by atoms with Crippen LogP contribution in [0.1, 0.15) is 19.3 Å². The van der Waals surface area contributed by atoms with Crippen molar-refractivity contribution in [2.75, 3.05) is 11.9 Å². The fraction of sp³-hybridized carbons (Fsp3) is 0.417. The third kappa shape index (κ3) is 2.15. The van der Waals surface area contributed by atoms with Crippen LogP contribution >= 0.6 is 0 Å². The maximum Gasteiger partial charge on any atom is 0.231 e. The second-order valence-corrected chi connectivity index (χ2v) is 4.42. The van der Waals surface area contributed by atoms with E-state index in [1.807, 2.05) is 0 Å². The maximum absolute atomic E-state index is 13.3. The van der Waals surface area contributed by atoms with Crippen LogP contribution in [-0.2, 0) is 4.79 Å². The maximum atomic E-state index is 13.3. The molecule has 2 rings (SSSR count). The molecule has 0 aliphatic heterocycles. The summed E-state index contributed by atoms with van der Waals surface area (Å²) in [5.74, 6) is -1.72. The number of amides is 1. The van der Waals surface area contributed by atoms with E-state index < -0.39 is 17.0 Å². The summed E-state index contributed by atoms with van der Waals surface area (Å²) in [4.78, 5) is 11.9. The number of halogens is 2. The van der Waals surface area contributed by atoms with Crippen molar-refractivity contribution < 1.29 is 13.6 Å². The normalized spacial score (nSPS) is 17.4. The van der Waals surface area contributed by atoms with Gasteiger partial charge < -0.3 is 11.1 Å². The number of anilines is 1. The molecule has 0 unspecified atom stereocenters. The molecule has 0 atom stereocenters. The van der Waals surface area contributed by atoms with Crippen molar-refractivity contribution in [2.45, 2.75) is 19.3 Å². The number of carbonyl (C=O) groups is 1. The quantitative estimate of drug-likeness (QED) is 0.849. The molecule has 1 aliphatic rings. The third-order valence-corrected chi connectivity index (χ3v) is 3.36. The number of nitrogens with two attached hydrogens (primary N) is 1. The van der Waals surface area contributed by atoms with Crippen LogP contribution in [0.3, 0.4) is 0 Å². The summed E-state index contributed by atoms with van der Waals surface area (Å²) >= 11 is 0. The highest BCUT2D eigenvalue weighted by atomic mass is 19.1. The fourth-order valence-electron chi connectivity index (χ4n) is 1.97. The molecule has 1 fully saturated rings. The molecule has 3 N–H and O–H groups in total. The van der Waals surface area contributed by atoms with Crippen molar-refractivity contribution in [1.29, 1.82) is 0 Å². The Hall–Kier alpha value is -1.49. The first kappa shape index (κ1) is 12.0. The zero-order valence-electron chi connectivity index (χ0n) is 9.30. The van der Waals surface area contributed by atoms with Gasteiger partial charge in [0.15, 0.2) is 0 Å². The minimum Gasteiger partial charge on any atom is -0.329 e. The number of carbonyl (C=O) groups excluding carboxylic acids is 1. The molecule has 1 aliphatic carbocycles. The van der Waals surface area contributed by atoms with Crippen molar-refractivity contribution in [1.82, 2.24) is 0 Å². The van der Waals surface area contributed by atoms with E-state index in [4.69, 9.17) is 5.73 Å². The third-order valence-electron chi connectivity index (χ3n) is 3.36. The average Bonchev–Trinajstić information content (AvgIpc) is 2.21. The van der Waals surface area contributed by atoms with Gasteiger partial charge in [-0.05, 0) is 25.0 Å². The van der Waals surface area contributed by atoms with Crippen LogP contribution in [0, 0.1) is 17.0 Å². The van der Waals surface area contributed by atoms with Gasteiger partial charge in [0.2, 0.25) is 5.91 Å². The topological polar surface area (TPSA) is 55.1 Å². The Balaban J connectivity index is 2.13. The van der Waals surface area contributed by atoms with E-state index in [2.05, 4.69) is 5.32 Å². The summed E-state index contributed by atoms with van der Waals surface area (Å²) in [6, 6.07) is 3.06. The second kappa shape index (κ2) is 4.41. The predicted molar refractivity (Wildman–Crippen MR) is 60.3 cm³/mol. The van der Waals surface area contributed by atoms with Gasteiger partial charge in [0.05, 0.1) is 11.1 Å². The molecular formula is C12H14F2N2O. The van der Waals surface area contributed by atoms with E-state index in [1.165, 1.54) is 6.07 Å². The lowest BCUT2D eigenvalue weighted by Crippen LogP contribution is -2.47. The monoisotopic (exact) mass is 240 g/mol. The fourth-order valence-corrected chi connectivity index (χ4v) is 1.97. The Bertz CT molecular complexity index is 439. The molecule has 0 saturated heterocycles. The molecule has 92 valence electrons. The Kier molecular flexibility index (Phi) is 3.11. The Morgan fingerprint density at radius 2 is 2.12 bits per heavy atom. The van der Waals surface area contributed by atoms with Crippen molar-refractivity contribution in [2.24, 2.45) is 11.1 Å². The molecule has 17 heavy (non-hydrogen) atoms. The summed E-state index contributed by atoms with van der Waals surface area (Å²) in [7, 11) is 0. The van der Waals surface area contributed by atoms with E-state index in [9.17, 15) is 13.6 Å². The molecule has 0 radical (unpaired) electrons. The van der Waals surface area contributed by atoms with Crippen molar-refractivity contribution in [3.05, 3.63) is 29.8 Å². The molecule has 1 amide bonds. The van der Waals surface area contributed by atoms with Crippen LogP contribution in [-0.4, -0.2) is 12.5 Å². The lowest BCUT2D eigenvalue weighted by atomic mass is 9.68. The van der Waals surface area contributed by atoms with Crippen molar-refractivity contribution in [3.8, 4) is 0 Å². The summed E-state index contributed by atoms with van der Waals surface area (Å²) in [6.07, 6.45) is 2.40. The zero-order chi connectivity index (χ0) is 12.5. The van der Waals surface area contributed by atoms with Crippen LogP contribution < -0.4 is 11.1 Å². The van der Waals surface area contributed by atoms with E-state index in [0.29, 0.717) is 0 Å². The molecule has 1 saturated carbocycles. The SMILES string of the molecule is NCC1(C(=O)Nc2ccc(F)cc2F)CCC1. The number of rotatable bonds is 3. The zero-order valence-corrected chi connectivity index (χ0v) is 9.30. The standard InChI is InChI=1S/C12H14F2N2O/c13-8-2-3-10(9(14)6-8)16-11(17)12(7-15)4-1-5-12/h2-3,6H,1,4-5,7,15H2,(H,16,17). The first-order chi connectivity index (χ1) is 8.07. The summed E-state index contributed by atoms with van der Waals surface area (Å²) in [5.41, 5.74) is 5.00. The first-order valence-corrected chi connectivity index (χ1v) is 5.54. The number of hydrogen-bond donors (Lipinski definition) is 2. The minimum atomic E-state index is -0.773. The molecule has 3 nitrogen and oxygen atoms in total. The van der Waals surface area contributed by atoms with Crippen LogP contribution in [0.4, 0.5) is 14.5 Å². The molecule has 0 aromatic heterocycles. The number of benzene rings is 1. The first-order valence-electron chi connectivity index (χ1n) is 5.54. The average molecular weight is 240 g/mol. The molecule has 0 heterocycles. The van der Waals surface area contributed by atoms with Gasteiger partial charge in [0.1, 0.15) is 11.6 Å². The van der Waals surface area contributed by atoms with Gasteiger partial charge in [-0.25, -0.2) is 8.78 Å². The lowest BCUT2D eigenvalue weighted by Gasteiger charge is -2.39. The van der Waals surface area contributed by atoms with E-state index >= 15 is 0 Å². The summed E-state index contributed by atoms with van der Waals surface area (Å²) in [5, 5.41) is 2.47. The summed E-state index contributed by atoms with van der Waals surface area (Å²) < 4.78 is 26.0. The highest BCUT2D eigenvalue weighted by Crippen LogP contribution is 2.40. The number of hydrogen-bond acceptors (Lipinski definition) is 2. The number of nitrogens with one attached hydrogen (secondary N) is 1. The largest absolute Gasteiger partial charge is 0.329 e. The van der Waals surface area contributed by atoms with Gasteiger partial charge in [0.25, 0.3) is 0 Å². The van der Waals surface area contributed by atoms with Crippen LogP contribution in [0.2, 0.25) is 0 Å². The van der Waals surface area contributed by atoms with Gasteiger partial charge in [-0.3, -0.25) is 4.79 Å². The molecular weight excluding hydrogens is 226 g/mol. The Morgan fingerprint density at radius 1 is 1.41 bits per heavy atom. The Labute approximate surface area is 98.0 Å². The van der Waals surface area contributed by atoms with Gasteiger partial charge in [-0.2, -0.15) is 0 Å². The lowest BCUT2D eigenvalue weighted by molar-refractivity contribution is -0.129. The van der Waals surface area contributed by atoms with Gasteiger partial charge in [-0.1, -0.05) is 6.42 Å². The smallest absolute Gasteiger partial charge is 0.231 e. The molecule has 1 aromatic rings. The minimum absolute atomic E-state index is 0.00359. The van der Waals surface area contributed by atoms with Gasteiger partial charge in [0, 0.05) is 12.6 Å². The van der Waals surface area contributed by atoms with Crippen LogP contribution in [0.15, 0.2) is 18.2 Å². The summed E-state index contributed by atoms with van der Waals surface area (Å²) in [6.45, 7) is 0.252. The molecule has 5 heteroatoms. The second-order valence-electron chi connectivity index (χ2n) is 4.42. The molecule has 0 spiro atoms.